The lowest BCUT2D eigenvalue weighted by Gasteiger charge is -2.13. The third kappa shape index (κ3) is 6.89. The van der Waals surface area contributed by atoms with Crippen LogP contribution in [-0.2, 0) is 23.9 Å². The molecule has 0 aliphatic rings. The number of hydrogen-bond acceptors (Lipinski definition) is 6. The minimum absolute atomic E-state index is 0.291. The molecule has 156 valence electrons. The smallest absolute Gasteiger partial charge is 0.344 e. The zero-order chi connectivity index (χ0) is 21.2. The molecule has 0 heterocycles. The lowest BCUT2D eigenvalue weighted by molar-refractivity contribution is -0.159. The van der Waals surface area contributed by atoms with Crippen molar-refractivity contribution < 1.29 is 28.6 Å². The summed E-state index contributed by atoms with van der Waals surface area (Å²) in [6.07, 6.45) is 3.15. The summed E-state index contributed by atoms with van der Waals surface area (Å²) in [5.41, 5.74) is 0.775. The second kappa shape index (κ2) is 11.2. The number of esters is 3. The first-order valence-corrected chi connectivity index (χ1v) is 10.0. The molecule has 2 aromatic carbocycles. The molecule has 6 nitrogen and oxygen atoms in total. The quantitative estimate of drug-likeness (QED) is 0.331. The van der Waals surface area contributed by atoms with Gasteiger partial charge in [-0.2, -0.15) is 0 Å². The minimum atomic E-state index is -0.533. The van der Waals surface area contributed by atoms with Crippen molar-refractivity contribution in [3.8, 4) is 5.75 Å². The number of benzene rings is 2. The first kappa shape index (κ1) is 22.4. The molecule has 0 radical (unpaired) electrons. The summed E-state index contributed by atoms with van der Waals surface area (Å²) in [7, 11) is 0. The summed E-state index contributed by atoms with van der Waals surface area (Å²) in [5.74, 6) is -1.34. The molecule has 0 aliphatic heterocycles. The number of fused-ring (bicyclic) bond motifs is 1. The highest BCUT2D eigenvalue weighted by Crippen LogP contribution is 2.26. The van der Waals surface area contributed by atoms with Gasteiger partial charge in [0, 0.05) is 6.42 Å². The van der Waals surface area contributed by atoms with E-state index in [0.717, 1.165) is 35.6 Å². The van der Waals surface area contributed by atoms with Gasteiger partial charge in [0.05, 0.1) is 12.5 Å². The molecule has 0 N–H and O–H groups in total. The van der Waals surface area contributed by atoms with Crippen LogP contribution in [0.3, 0.4) is 0 Å². The Balaban J connectivity index is 1.94. The topological polar surface area (TPSA) is 78.9 Å². The molecule has 6 heteroatoms. The van der Waals surface area contributed by atoms with Crippen molar-refractivity contribution in [3.63, 3.8) is 0 Å². The van der Waals surface area contributed by atoms with Gasteiger partial charge in [-0.3, -0.25) is 9.59 Å². The van der Waals surface area contributed by atoms with Gasteiger partial charge in [-0.15, -0.1) is 0 Å². The van der Waals surface area contributed by atoms with E-state index >= 15 is 0 Å². The van der Waals surface area contributed by atoms with Gasteiger partial charge in [-0.05, 0) is 41.8 Å². The molecule has 0 fully saturated rings. The summed E-state index contributed by atoms with van der Waals surface area (Å²) in [5, 5.41) is 1.81. The average molecular weight is 400 g/mol. The van der Waals surface area contributed by atoms with Crippen LogP contribution in [0.5, 0.6) is 5.75 Å². The third-order valence-electron chi connectivity index (χ3n) is 4.55. The van der Waals surface area contributed by atoms with E-state index < -0.39 is 17.9 Å². The predicted molar refractivity (Wildman–Crippen MR) is 110 cm³/mol. The molecule has 29 heavy (non-hydrogen) atoms. The number of carbonyl (C=O) groups excluding carboxylic acids is 3. The lowest BCUT2D eigenvalue weighted by atomic mass is 9.98. The monoisotopic (exact) mass is 400 g/mol. The maximum atomic E-state index is 12.3. The van der Waals surface area contributed by atoms with Crippen molar-refractivity contribution in [2.75, 3.05) is 13.2 Å². The van der Waals surface area contributed by atoms with Crippen LogP contribution in [-0.4, -0.2) is 31.1 Å². The molecule has 0 aromatic heterocycles. The van der Waals surface area contributed by atoms with Crippen molar-refractivity contribution in [2.45, 2.75) is 52.4 Å². The van der Waals surface area contributed by atoms with Crippen LogP contribution in [0.25, 0.3) is 10.8 Å². The zero-order valence-corrected chi connectivity index (χ0v) is 17.2. The SMILES string of the molecule is CCCCCOC(=O)COC(=O)C(C)c1ccc2cc(OC(=O)CC)ccc2c1. The Morgan fingerprint density at radius 2 is 1.62 bits per heavy atom. The first-order valence-electron chi connectivity index (χ1n) is 10.0. The summed E-state index contributed by atoms with van der Waals surface area (Å²) in [6.45, 7) is 5.50. The van der Waals surface area contributed by atoms with Crippen LogP contribution >= 0.6 is 0 Å². The Kier molecular flexibility index (Phi) is 8.65. The Labute approximate surface area is 171 Å². The van der Waals surface area contributed by atoms with E-state index in [0.29, 0.717) is 18.8 Å². The Bertz CT molecular complexity index is 858. The number of carbonyl (C=O) groups is 3. The van der Waals surface area contributed by atoms with Gasteiger partial charge in [0.2, 0.25) is 0 Å². The number of rotatable bonds is 10. The van der Waals surface area contributed by atoms with Gasteiger partial charge in [-0.25, -0.2) is 4.79 Å². The molecule has 0 saturated carbocycles. The van der Waals surface area contributed by atoms with E-state index in [1.807, 2.05) is 24.3 Å². The second-order valence-corrected chi connectivity index (χ2v) is 6.85. The maximum absolute atomic E-state index is 12.3. The largest absolute Gasteiger partial charge is 0.463 e. The summed E-state index contributed by atoms with van der Waals surface area (Å²) < 4.78 is 15.4. The van der Waals surface area contributed by atoms with Gasteiger partial charge in [0.15, 0.2) is 6.61 Å². The molecule has 2 rings (SSSR count). The van der Waals surface area contributed by atoms with Crippen LogP contribution in [0, 0.1) is 0 Å². The van der Waals surface area contributed by atoms with E-state index in [1.165, 1.54) is 0 Å². The molecule has 0 saturated heterocycles. The summed E-state index contributed by atoms with van der Waals surface area (Å²) >= 11 is 0. The molecule has 2 aromatic rings. The first-order chi connectivity index (χ1) is 13.9. The van der Waals surface area contributed by atoms with Crippen molar-refractivity contribution in [1.82, 2.24) is 0 Å². The standard InChI is InChI=1S/C23H28O6/c1-4-6-7-12-27-22(25)15-28-23(26)16(3)17-8-9-19-14-20(29-21(24)5-2)11-10-18(19)13-17/h8-11,13-14,16H,4-7,12,15H2,1-3H3. The van der Waals surface area contributed by atoms with Gasteiger partial charge in [-0.1, -0.05) is 51.0 Å². The van der Waals surface area contributed by atoms with Gasteiger partial charge >= 0.3 is 17.9 Å². The summed E-state index contributed by atoms with van der Waals surface area (Å²) in [6, 6.07) is 10.9. The fourth-order valence-corrected chi connectivity index (χ4v) is 2.75. The highest BCUT2D eigenvalue weighted by atomic mass is 16.6. The minimum Gasteiger partial charge on any atom is -0.463 e. The van der Waals surface area contributed by atoms with Gasteiger partial charge in [0.25, 0.3) is 0 Å². The van der Waals surface area contributed by atoms with Crippen molar-refractivity contribution in [3.05, 3.63) is 42.0 Å². The van der Waals surface area contributed by atoms with E-state index in [9.17, 15) is 14.4 Å². The second-order valence-electron chi connectivity index (χ2n) is 6.85. The molecular formula is C23H28O6. The van der Waals surface area contributed by atoms with Crippen LogP contribution in [0.15, 0.2) is 36.4 Å². The van der Waals surface area contributed by atoms with Crippen molar-refractivity contribution in [1.29, 1.82) is 0 Å². The van der Waals surface area contributed by atoms with Crippen molar-refractivity contribution >= 4 is 28.7 Å². The van der Waals surface area contributed by atoms with E-state index in [1.54, 1.807) is 26.0 Å². The molecule has 0 bridgehead atoms. The average Bonchev–Trinajstić information content (AvgIpc) is 2.74. The molecule has 0 amide bonds. The highest BCUT2D eigenvalue weighted by molar-refractivity contribution is 5.88. The number of hydrogen-bond donors (Lipinski definition) is 0. The lowest BCUT2D eigenvalue weighted by Crippen LogP contribution is -2.20. The van der Waals surface area contributed by atoms with E-state index in [4.69, 9.17) is 14.2 Å². The van der Waals surface area contributed by atoms with Gasteiger partial charge < -0.3 is 14.2 Å². The molecule has 1 unspecified atom stereocenters. The number of ether oxygens (including phenoxy) is 3. The molecule has 0 spiro atoms. The highest BCUT2D eigenvalue weighted by Gasteiger charge is 2.19. The predicted octanol–water partition coefficient (Wildman–Crippen LogP) is 4.54. The van der Waals surface area contributed by atoms with E-state index in [2.05, 4.69) is 6.92 Å². The molecule has 0 aliphatic carbocycles. The van der Waals surface area contributed by atoms with Crippen molar-refractivity contribution in [2.24, 2.45) is 0 Å². The third-order valence-corrected chi connectivity index (χ3v) is 4.55. The van der Waals surface area contributed by atoms with Crippen LogP contribution in [0.4, 0.5) is 0 Å². The Morgan fingerprint density at radius 3 is 2.34 bits per heavy atom. The van der Waals surface area contributed by atoms with Crippen LogP contribution in [0.1, 0.15) is 57.9 Å². The van der Waals surface area contributed by atoms with Crippen LogP contribution < -0.4 is 4.74 Å². The normalized spacial score (nSPS) is 11.7. The zero-order valence-electron chi connectivity index (χ0n) is 17.2. The van der Waals surface area contributed by atoms with Crippen LogP contribution in [0.2, 0.25) is 0 Å². The van der Waals surface area contributed by atoms with Gasteiger partial charge in [0.1, 0.15) is 5.75 Å². The Morgan fingerprint density at radius 1 is 0.897 bits per heavy atom. The summed E-state index contributed by atoms with van der Waals surface area (Å²) in [4.78, 5) is 35.3. The number of unbranched alkanes of at least 4 members (excludes halogenated alkanes) is 2. The Hall–Kier alpha value is -2.89. The van der Waals surface area contributed by atoms with E-state index in [-0.39, 0.29) is 12.6 Å². The molecule has 1 atom stereocenters. The fraction of sp³-hybridized carbons (Fsp3) is 0.435. The maximum Gasteiger partial charge on any atom is 0.344 e. The fourth-order valence-electron chi connectivity index (χ4n) is 2.75. The molecular weight excluding hydrogens is 372 g/mol.